The summed E-state index contributed by atoms with van der Waals surface area (Å²) in [6, 6.07) is 15.2. The van der Waals surface area contributed by atoms with Crippen LogP contribution in [0.1, 0.15) is 30.4 Å². The zero-order valence-corrected chi connectivity index (χ0v) is 14.7. The molecule has 5 nitrogen and oxygen atoms in total. The van der Waals surface area contributed by atoms with Gasteiger partial charge < -0.3 is 9.47 Å². The Morgan fingerprint density at radius 3 is 2.73 bits per heavy atom. The van der Waals surface area contributed by atoms with Gasteiger partial charge in [-0.3, -0.25) is 4.79 Å². The first-order valence-corrected chi connectivity index (χ1v) is 8.68. The molecule has 132 valence electrons. The standard InChI is InChI=1S/C21H19NO4/c1-3-25-21(24)19-15(14-7-5-4-6-8-14)12-18(23)22-16-11-13(2)9-10-17(16)26-20(19)22/h4-11,15H,3,12H2,1-2H3/t15-/m1/s1. The largest absolute Gasteiger partial charge is 0.462 e. The van der Waals surface area contributed by atoms with Gasteiger partial charge in [0, 0.05) is 12.3 Å². The minimum Gasteiger partial charge on any atom is -0.462 e. The van der Waals surface area contributed by atoms with Gasteiger partial charge in [-0.15, -0.1) is 0 Å². The summed E-state index contributed by atoms with van der Waals surface area (Å²) in [6.45, 7) is 3.98. The molecule has 2 aromatic rings. The van der Waals surface area contributed by atoms with Gasteiger partial charge in [-0.1, -0.05) is 36.4 Å². The van der Waals surface area contributed by atoms with Crippen molar-refractivity contribution >= 4 is 17.6 Å². The minimum absolute atomic E-state index is 0.0914. The highest BCUT2D eigenvalue weighted by Crippen LogP contribution is 2.47. The maximum atomic E-state index is 12.9. The van der Waals surface area contributed by atoms with E-state index in [1.165, 1.54) is 4.90 Å². The van der Waals surface area contributed by atoms with Crippen LogP contribution in [0.25, 0.3) is 0 Å². The van der Waals surface area contributed by atoms with E-state index in [9.17, 15) is 9.59 Å². The molecular weight excluding hydrogens is 330 g/mol. The Morgan fingerprint density at radius 1 is 1.23 bits per heavy atom. The number of rotatable bonds is 3. The lowest BCUT2D eigenvalue weighted by Gasteiger charge is -2.30. The van der Waals surface area contributed by atoms with Crippen LogP contribution >= 0.6 is 0 Å². The minimum atomic E-state index is -0.446. The van der Waals surface area contributed by atoms with Crippen LogP contribution in [-0.4, -0.2) is 18.5 Å². The first-order chi connectivity index (χ1) is 12.6. The smallest absolute Gasteiger partial charge is 0.340 e. The second-order valence-electron chi connectivity index (χ2n) is 6.41. The van der Waals surface area contributed by atoms with Crippen LogP contribution in [0, 0.1) is 6.92 Å². The van der Waals surface area contributed by atoms with Crippen molar-refractivity contribution in [1.29, 1.82) is 0 Å². The Bertz CT molecular complexity index is 917. The summed E-state index contributed by atoms with van der Waals surface area (Å²) in [5, 5.41) is 0. The first-order valence-electron chi connectivity index (χ1n) is 8.68. The van der Waals surface area contributed by atoms with Crippen LogP contribution in [0.15, 0.2) is 60.0 Å². The predicted octanol–water partition coefficient (Wildman–Crippen LogP) is 3.68. The highest BCUT2D eigenvalue weighted by molar-refractivity contribution is 6.06. The highest BCUT2D eigenvalue weighted by atomic mass is 16.5. The van der Waals surface area contributed by atoms with E-state index in [2.05, 4.69) is 0 Å². The molecule has 0 radical (unpaired) electrons. The molecule has 0 N–H and O–H groups in total. The number of esters is 1. The number of carbonyl (C=O) groups is 2. The quantitative estimate of drug-likeness (QED) is 0.793. The van der Waals surface area contributed by atoms with E-state index in [1.807, 2.05) is 55.5 Å². The summed E-state index contributed by atoms with van der Waals surface area (Å²) < 4.78 is 11.2. The summed E-state index contributed by atoms with van der Waals surface area (Å²) >= 11 is 0. The van der Waals surface area contributed by atoms with Crippen molar-refractivity contribution in [2.75, 3.05) is 11.5 Å². The summed E-state index contributed by atoms with van der Waals surface area (Å²) in [7, 11) is 0. The van der Waals surface area contributed by atoms with Crippen molar-refractivity contribution < 1.29 is 19.1 Å². The van der Waals surface area contributed by atoms with E-state index >= 15 is 0 Å². The zero-order chi connectivity index (χ0) is 18.3. The fraction of sp³-hybridized carbons (Fsp3) is 0.238. The molecule has 0 spiro atoms. The van der Waals surface area contributed by atoms with Gasteiger partial charge in [-0.25, -0.2) is 9.69 Å². The van der Waals surface area contributed by atoms with E-state index in [0.717, 1.165) is 11.1 Å². The predicted molar refractivity (Wildman–Crippen MR) is 96.8 cm³/mol. The van der Waals surface area contributed by atoms with Crippen LogP contribution in [-0.2, 0) is 14.3 Å². The van der Waals surface area contributed by atoms with Crippen LogP contribution in [0.2, 0.25) is 0 Å². The van der Waals surface area contributed by atoms with E-state index < -0.39 is 5.97 Å². The molecule has 2 aromatic carbocycles. The number of fused-ring (bicyclic) bond motifs is 3. The molecule has 0 aliphatic carbocycles. The second kappa shape index (κ2) is 6.33. The van der Waals surface area contributed by atoms with E-state index in [4.69, 9.17) is 9.47 Å². The molecule has 0 saturated heterocycles. The fourth-order valence-corrected chi connectivity index (χ4v) is 3.50. The molecule has 5 heteroatoms. The Hall–Kier alpha value is -3.08. The van der Waals surface area contributed by atoms with Crippen LogP contribution in [0.4, 0.5) is 5.69 Å². The van der Waals surface area contributed by atoms with Crippen LogP contribution < -0.4 is 9.64 Å². The van der Waals surface area contributed by atoms with Gasteiger partial charge in [-0.05, 0) is 37.1 Å². The van der Waals surface area contributed by atoms with Gasteiger partial charge in [0.2, 0.25) is 11.8 Å². The molecule has 1 amide bonds. The normalized spacial score (nSPS) is 18.3. The molecule has 4 rings (SSSR count). The topological polar surface area (TPSA) is 55.8 Å². The van der Waals surface area contributed by atoms with Gasteiger partial charge in [0.05, 0.1) is 12.3 Å². The van der Waals surface area contributed by atoms with Crippen LogP contribution in [0.3, 0.4) is 0 Å². The van der Waals surface area contributed by atoms with Gasteiger partial charge in [0.1, 0.15) is 5.57 Å². The lowest BCUT2D eigenvalue weighted by Crippen LogP contribution is -2.38. The summed E-state index contributed by atoms with van der Waals surface area (Å²) in [5.74, 6) is -0.0716. The van der Waals surface area contributed by atoms with E-state index in [1.54, 1.807) is 6.92 Å². The number of nitrogens with zero attached hydrogens (tertiary/aromatic N) is 1. The summed E-state index contributed by atoms with van der Waals surface area (Å²) in [6.07, 6.45) is 0.193. The monoisotopic (exact) mass is 349 g/mol. The average molecular weight is 349 g/mol. The van der Waals surface area contributed by atoms with Gasteiger partial charge in [0.25, 0.3) is 0 Å². The van der Waals surface area contributed by atoms with Crippen molar-refractivity contribution in [3.05, 3.63) is 71.1 Å². The Morgan fingerprint density at radius 2 is 2.00 bits per heavy atom. The van der Waals surface area contributed by atoms with Crippen LogP contribution in [0.5, 0.6) is 5.75 Å². The molecule has 2 heterocycles. The van der Waals surface area contributed by atoms with Gasteiger partial charge in [-0.2, -0.15) is 0 Å². The molecule has 2 aliphatic heterocycles. The SMILES string of the molecule is CCOC(=O)C1=C2Oc3ccc(C)cc3N2C(=O)C[C@@H]1c1ccccc1. The molecule has 0 unspecified atom stereocenters. The lowest BCUT2D eigenvalue weighted by molar-refractivity contribution is -0.139. The van der Waals surface area contributed by atoms with Crippen molar-refractivity contribution in [3.8, 4) is 5.75 Å². The number of carbonyl (C=O) groups excluding carboxylic acids is 2. The average Bonchev–Trinajstić information content (AvgIpc) is 3.01. The molecular formula is C21H19NO4. The number of hydrogen-bond acceptors (Lipinski definition) is 4. The third-order valence-corrected chi connectivity index (χ3v) is 4.67. The molecule has 0 aromatic heterocycles. The number of hydrogen-bond donors (Lipinski definition) is 0. The third kappa shape index (κ3) is 2.56. The maximum absolute atomic E-state index is 12.9. The number of ether oxygens (including phenoxy) is 2. The zero-order valence-electron chi connectivity index (χ0n) is 14.7. The van der Waals surface area contributed by atoms with Crippen molar-refractivity contribution in [2.24, 2.45) is 0 Å². The molecule has 2 aliphatic rings. The number of benzene rings is 2. The first kappa shape index (κ1) is 16.4. The number of amides is 1. The van der Waals surface area contributed by atoms with E-state index in [-0.39, 0.29) is 30.7 Å². The van der Waals surface area contributed by atoms with E-state index in [0.29, 0.717) is 17.0 Å². The maximum Gasteiger partial charge on any atom is 0.340 e. The van der Waals surface area contributed by atoms with Crippen molar-refractivity contribution in [2.45, 2.75) is 26.2 Å². The molecule has 0 bridgehead atoms. The Labute approximate surface area is 151 Å². The van der Waals surface area contributed by atoms with Crippen molar-refractivity contribution in [3.63, 3.8) is 0 Å². The Balaban J connectivity index is 1.89. The second-order valence-corrected chi connectivity index (χ2v) is 6.41. The van der Waals surface area contributed by atoms with Crippen molar-refractivity contribution in [1.82, 2.24) is 0 Å². The summed E-state index contributed by atoms with van der Waals surface area (Å²) in [4.78, 5) is 27.2. The number of aryl methyl sites for hydroxylation is 1. The molecule has 26 heavy (non-hydrogen) atoms. The number of anilines is 1. The molecule has 0 saturated carbocycles. The van der Waals surface area contributed by atoms with Gasteiger partial charge in [0.15, 0.2) is 5.75 Å². The Kier molecular flexibility index (Phi) is 3.99. The molecule has 0 fully saturated rings. The lowest BCUT2D eigenvalue weighted by atomic mass is 9.85. The molecule has 1 atom stereocenters. The fourth-order valence-electron chi connectivity index (χ4n) is 3.50. The van der Waals surface area contributed by atoms with Gasteiger partial charge >= 0.3 is 5.97 Å². The third-order valence-electron chi connectivity index (χ3n) is 4.67. The summed E-state index contributed by atoms with van der Waals surface area (Å²) in [5.41, 5.74) is 2.99. The highest BCUT2D eigenvalue weighted by Gasteiger charge is 2.44.